The Morgan fingerprint density at radius 3 is 2.48 bits per heavy atom. The molecule has 0 aliphatic carbocycles. The monoisotopic (exact) mass is 392 g/mol. The van der Waals surface area contributed by atoms with Gasteiger partial charge in [-0.2, -0.15) is 10.2 Å². The summed E-state index contributed by atoms with van der Waals surface area (Å²) < 4.78 is 5.37. The van der Waals surface area contributed by atoms with E-state index in [1.54, 1.807) is 24.3 Å². The van der Waals surface area contributed by atoms with E-state index in [0.717, 1.165) is 29.9 Å². The second kappa shape index (κ2) is 11.0. The van der Waals surface area contributed by atoms with Crippen molar-refractivity contribution in [3.05, 3.63) is 59.4 Å². The molecule has 0 fully saturated rings. The van der Waals surface area contributed by atoms with Crippen molar-refractivity contribution in [2.75, 3.05) is 24.6 Å². The lowest BCUT2D eigenvalue weighted by Gasteiger charge is -2.24. The van der Waals surface area contributed by atoms with Crippen molar-refractivity contribution in [2.24, 2.45) is 16.1 Å². The lowest BCUT2D eigenvalue weighted by atomic mass is 10.1. The number of nitrogens with zero attached hydrogens (tertiary/aromatic N) is 4. The first kappa shape index (κ1) is 22.1. The van der Waals surface area contributed by atoms with Crippen molar-refractivity contribution >= 4 is 28.7 Å². The van der Waals surface area contributed by atoms with Gasteiger partial charge >= 0.3 is 5.97 Å². The summed E-state index contributed by atoms with van der Waals surface area (Å²) in [5.41, 5.74) is 4.16. The number of aryl methyl sites for hydroxylation is 1. The Bertz CT molecular complexity index is 885. The van der Waals surface area contributed by atoms with Crippen molar-refractivity contribution in [1.82, 2.24) is 0 Å². The van der Waals surface area contributed by atoms with Crippen molar-refractivity contribution in [1.29, 1.82) is 0 Å². The van der Waals surface area contributed by atoms with Gasteiger partial charge in [0, 0.05) is 12.2 Å². The minimum Gasteiger partial charge on any atom is -0.464 e. The molecule has 1 atom stereocenters. The van der Waals surface area contributed by atoms with Crippen LogP contribution in [0, 0.1) is 19.4 Å². The molecule has 0 amide bonds. The number of carbonyl (C=O) groups excluding carboxylic acids is 1. The van der Waals surface area contributed by atoms with E-state index < -0.39 is 0 Å². The Morgan fingerprint density at radius 1 is 1.17 bits per heavy atom. The van der Waals surface area contributed by atoms with E-state index in [4.69, 9.17) is 11.3 Å². The van der Waals surface area contributed by atoms with Gasteiger partial charge < -0.3 is 9.64 Å². The zero-order chi connectivity index (χ0) is 21.2. The van der Waals surface area contributed by atoms with Crippen molar-refractivity contribution in [3.63, 3.8) is 0 Å². The zero-order valence-electron chi connectivity index (χ0n) is 17.6. The molecule has 0 aliphatic rings. The molecule has 6 nitrogen and oxygen atoms in total. The fourth-order valence-corrected chi connectivity index (χ4v) is 2.69. The summed E-state index contributed by atoms with van der Waals surface area (Å²) >= 11 is 0. The molecule has 0 bridgehead atoms. The van der Waals surface area contributed by atoms with E-state index in [1.165, 1.54) is 0 Å². The molecular weight excluding hydrogens is 364 g/mol. The number of likely N-dealkylation sites (N-methyl/N-ethyl adjacent to an activating group) is 1. The molecule has 1 unspecified atom stereocenters. The summed E-state index contributed by atoms with van der Waals surface area (Å²) in [6, 6.07) is 13.0. The number of benzene rings is 2. The first-order valence-electron chi connectivity index (χ1n) is 9.90. The first-order chi connectivity index (χ1) is 14.0. The van der Waals surface area contributed by atoms with Crippen LogP contribution in [0.5, 0.6) is 0 Å². The van der Waals surface area contributed by atoms with Crippen LogP contribution in [0.2, 0.25) is 0 Å². The Hall–Kier alpha value is -3.20. The number of ether oxygens (including phenoxy) is 1. The highest BCUT2D eigenvalue weighted by atomic mass is 16.5. The van der Waals surface area contributed by atoms with Crippen molar-refractivity contribution < 1.29 is 9.53 Å². The van der Waals surface area contributed by atoms with Gasteiger partial charge in [-0.05, 0) is 56.2 Å². The number of hydrogen-bond acceptors (Lipinski definition) is 5. The Kier molecular flexibility index (Phi) is 8.35. The van der Waals surface area contributed by atoms with Crippen LogP contribution >= 0.6 is 0 Å². The van der Waals surface area contributed by atoms with E-state index >= 15 is 0 Å². The number of carbonyl (C=O) groups is 1. The van der Waals surface area contributed by atoms with Crippen molar-refractivity contribution in [2.45, 2.75) is 34.1 Å². The smallest absolute Gasteiger partial charge is 0.308 e. The summed E-state index contributed by atoms with van der Waals surface area (Å²) in [6.07, 6.45) is 0.787. The number of hydrogen-bond donors (Lipinski definition) is 0. The van der Waals surface area contributed by atoms with Crippen molar-refractivity contribution in [3.8, 4) is 0 Å². The van der Waals surface area contributed by atoms with Crippen LogP contribution in [-0.4, -0.2) is 25.7 Å². The highest BCUT2D eigenvalue weighted by molar-refractivity contribution is 5.71. The molecule has 0 N–H and O–H groups in total. The SMILES string of the molecule is [C-]#[N+]c1ccc(N=Nc2ccc(N(CC)CCOC(=O)C(C)CC)cc2C)cc1. The van der Waals surface area contributed by atoms with Crippen LogP contribution < -0.4 is 4.90 Å². The second-order valence-corrected chi connectivity index (χ2v) is 6.86. The Balaban J connectivity index is 2.01. The molecule has 0 heterocycles. The normalized spacial score (nSPS) is 11.8. The topological polar surface area (TPSA) is 58.6 Å². The predicted molar refractivity (Wildman–Crippen MR) is 116 cm³/mol. The molecule has 0 saturated heterocycles. The van der Waals surface area contributed by atoms with E-state index in [0.29, 0.717) is 24.5 Å². The maximum atomic E-state index is 11.8. The van der Waals surface area contributed by atoms with Crippen LogP contribution in [0.25, 0.3) is 4.85 Å². The highest BCUT2D eigenvalue weighted by Gasteiger charge is 2.13. The largest absolute Gasteiger partial charge is 0.464 e. The second-order valence-electron chi connectivity index (χ2n) is 6.86. The molecular formula is C23H28N4O2. The average Bonchev–Trinajstić information content (AvgIpc) is 2.75. The maximum Gasteiger partial charge on any atom is 0.308 e. The molecule has 0 saturated carbocycles. The first-order valence-corrected chi connectivity index (χ1v) is 9.90. The fraction of sp³-hybridized carbons (Fsp3) is 0.391. The number of anilines is 1. The van der Waals surface area contributed by atoms with Gasteiger partial charge in [0.2, 0.25) is 0 Å². The molecule has 6 heteroatoms. The van der Waals surface area contributed by atoms with Gasteiger partial charge in [-0.1, -0.05) is 26.0 Å². The van der Waals surface area contributed by atoms with Gasteiger partial charge in [0.25, 0.3) is 0 Å². The van der Waals surface area contributed by atoms with Gasteiger partial charge in [-0.3, -0.25) is 4.79 Å². The number of esters is 1. The molecule has 2 aromatic rings. The van der Waals surface area contributed by atoms with Crippen LogP contribution in [0.3, 0.4) is 0 Å². The molecule has 2 rings (SSSR count). The third-order valence-electron chi connectivity index (χ3n) is 4.80. The molecule has 2 aromatic carbocycles. The summed E-state index contributed by atoms with van der Waals surface area (Å²) in [4.78, 5) is 17.4. The summed E-state index contributed by atoms with van der Waals surface area (Å²) in [6.45, 7) is 16.8. The summed E-state index contributed by atoms with van der Waals surface area (Å²) in [7, 11) is 0. The average molecular weight is 393 g/mol. The van der Waals surface area contributed by atoms with Gasteiger partial charge in [0.15, 0.2) is 5.69 Å². The Labute approximate surface area is 173 Å². The van der Waals surface area contributed by atoms with Gasteiger partial charge in [0.05, 0.1) is 30.4 Å². The maximum absolute atomic E-state index is 11.8. The summed E-state index contributed by atoms with van der Waals surface area (Å²) in [5, 5.41) is 8.58. The van der Waals surface area contributed by atoms with Gasteiger partial charge in [-0.25, -0.2) is 4.85 Å². The third-order valence-corrected chi connectivity index (χ3v) is 4.80. The van der Waals surface area contributed by atoms with E-state index in [1.807, 2.05) is 32.9 Å². The van der Waals surface area contributed by atoms with E-state index in [-0.39, 0.29) is 11.9 Å². The van der Waals surface area contributed by atoms with Crippen LogP contribution in [0.1, 0.15) is 32.8 Å². The predicted octanol–water partition coefficient (Wildman–Crippen LogP) is 6.38. The van der Waals surface area contributed by atoms with Crippen LogP contribution in [0.4, 0.5) is 22.7 Å². The van der Waals surface area contributed by atoms with Crippen LogP contribution in [-0.2, 0) is 9.53 Å². The van der Waals surface area contributed by atoms with E-state index in [2.05, 4.69) is 33.0 Å². The molecule has 29 heavy (non-hydrogen) atoms. The molecule has 152 valence electrons. The number of rotatable bonds is 9. The summed E-state index contributed by atoms with van der Waals surface area (Å²) in [5.74, 6) is -0.200. The van der Waals surface area contributed by atoms with E-state index in [9.17, 15) is 4.79 Å². The molecule has 0 spiro atoms. The Morgan fingerprint density at radius 2 is 1.90 bits per heavy atom. The zero-order valence-corrected chi connectivity index (χ0v) is 17.6. The standard InChI is InChI=1S/C23H28N4O2/c1-6-17(3)23(28)29-15-14-27(7-2)21-12-13-22(18(4)16-21)26-25-20-10-8-19(24-5)9-11-20/h8-13,16-17H,6-7,14-15H2,1-4H3. The number of azo groups is 1. The van der Waals surface area contributed by atoms with Gasteiger partial charge in [0.1, 0.15) is 6.61 Å². The fourth-order valence-electron chi connectivity index (χ4n) is 2.69. The lowest BCUT2D eigenvalue weighted by molar-refractivity contribution is -0.147. The molecule has 0 aliphatic heterocycles. The molecule has 0 radical (unpaired) electrons. The minimum absolute atomic E-state index is 0.0606. The minimum atomic E-state index is -0.139. The van der Waals surface area contributed by atoms with Gasteiger partial charge in [-0.15, -0.1) is 0 Å². The molecule has 0 aromatic heterocycles. The van der Waals surface area contributed by atoms with Crippen LogP contribution in [0.15, 0.2) is 52.7 Å². The lowest BCUT2D eigenvalue weighted by Crippen LogP contribution is -2.29. The third kappa shape index (κ3) is 6.42. The quantitative estimate of drug-likeness (QED) is 0.283. The highest BCUT2D eigenvalue weighted by Crippen LogP contribution is 2.27.